The smallest absolute Gasteiger partial charge is 0.459 e. The molecule has 3 aromatic rings. The van der Waals surface area contributed by atoms with E-state index in [9.17, 15) is 33.6 Å². The number of halogens is 1. The highest BCUT2D eigenvalue weighted by atomic mass is 31.2. The van der Waals surface area contributed by atoms with E-state index in [0.717, 1.165) is 10.1 Å². The molecule has 0 spiro atoms. The van der Waals surface area contributed by atoms with Gasteiger partial charge < -0.3 is 24.2 Å². The number of aliphatic hydroxyl groups excluding tert-OH is 2. The van der Waals surface area contributed by atoms with Crippen molar-refractivity contribution in [3.63, 3.8) is 0 Å². The average molecular weight is 594 g/mol. The second kappa shape index (κ2) is 13.3. The molecular formula is C26H29FN3O10P. The summed E-state index contributed by atoms with van der Waals surface area (Å²) in [5, 5.41) is 23.2. The van der Waals surface area contributed by atoms with E-state index in [4.69, 9.17) is 18.5 Å². The Bertz CT molecular complexity index is 1490. The minimum absolute atomic E-state index is 0.0378. The normalized spacial score (nSPS) is 21.5. The number of nitrogens with zero attached hydrogens (tertiary/aromatic N) is 1. The van der Waals surface area contributed by atoms with Crippen LogP contribution in [0, 0.1) is 5.82 Å². The Morgan fingerprint density at radius 3 is 2.51 bits per heavy atom. The number of carbonyl (C=O) groups is 1. The number of nitrogens with one attached hydrogen (secondary N) is 2. The van der Waals surface area contributed by atoms with Gasteiger partial charge in [0.25, 0.3) is 5.56 Å². The van der Waals surface area contributed by atoms with Crippen LogP contribution in [-0.2, 0) is 30.0 Å². The molecule has 1 fully saturated rings. The van der Waals surface area contributed by atoms with Crippen molar-refractivity contribution in [3.05, 3.63) is 99.1 Å². The Hall–Kier alpha value is -3.65. The maximum absolute atomic E-state index is 13.9. The van der Waals surface area contributed by atoms with Gasteiger partial charge in [0.05, 0.1) is 18.9 Å². The fourth-order valence-corrected chi connectivity index (χ4v) is 5.75. The molecule has 2 aromatic carbocycles. The minimum Gasteiger partial charge on any atom is -0.460 e. The van der Waals surface area contributed by atoms with Gasteiger partial charge in [-0.1, -0.05) is 48.5 Å². The number of benzene rings is 2. The summed E-state index contributed by atoms with van der Waals surface area (Å²) in [4.78, 5) is 38.0. The fraction of sp³-hybridized carbons (Fsp3) is 0.346. The van der Waals surface area contributed by atoms with Gasteiger partial charge in [-0.2, -0.15) is 9.48 Å². The van der Waals surface area contributed by atoms with Gasteiger partial charge in [0.1, 0.15) is 36.8 Å². The molecule has 0 amide bonds. The van der Waals surface area contributed by atoms with Crippen molar-refractivity contribution in [1.82, 2.24) is 14.6 Å². The summed E-state index contributed by atoms with van der Waals surface area (Å²) in [7, 11) is -4.49. The summed E-state index contributed by atoms with van der Waals surface area (Å²) in [6.07, 6.45) is -5.13. The summed E-state index contributed by atoms with van der Waals surface area (Å²) < 4.78 is 50.7. The highest BCUT2D eigenvalue weighted by Crippen LogP contribution is 2.47. The lowest BCUT2D eigenvalue weighted by atomic mass is 10.1. The van der Waals surface area contributed by atoms with Gasteiger partial charge in [-0.05, 0) is 24.6 Å². The topological polar surface area (TPSA) is 178 Å². The fourth-order valence-electron chi connectivity index (χ4n) is 4.07. The van der Waals surface area contributed by atoms with Crippen LogP contribution in [0.3, 0.4) is 0 Å². The van der Waals surface area contributed by atoms with Gasteiger partial charge in [-0.15, -0.1) is 0 Å². The number of rotatable bonds is 12. The van der Waals surface area contributed by atoms with Crippen molar-refractivity contribution < 1.29 is 42.5 Å². The Morgan fingerprint density at radius 1 is 1.20 bits per heavy atom. The van der Waals surface area contributed by atoms with Crippen LogP contribution in [0.5, 0.6) is 5.75 Å². The first-order valence-corrected chi connectivity index (χ1v) is 14.1. The Kier molecular flexibility index (Phi) is 9.86. The van der Waals surface area contributed by atoms with Crippen LogP contribution in [-0.4, -0.2) is 56.7 Å². The molecule has 1 aliphatic heterocycles. The zero-order valence-corrected chi connectivity index (χ0v) is 22.7. The molecular weight excluding hydrogens is 564 g/mol. The summed E-state index contributed by atoms with van der Waals surface area (Å²) in [6.45, 7) is 0.504. The monoisotopic (exact) mass is 593 g/mol. The second-order valence-electron chi connectivity index (χ2n) is 9.17. The molecule has 6 atom stereocenters. The standard InChI is InChI=1S/C26H29FN3O10P/c1-16(25(34)37-15-17-8-4-2-5-9-17)29-41(36,39-18-10-6-3-7-11-18)40-21(14-31)23-20(32)12-22(38-23)30-13-19(27)24(33)28-26(30)35/h2-11,13,16,20-23,31-32H,12,14-15H2,1H3,(H,29,36)(H,28,33,35)/t16-,20-,21+,22+,23-,41-/m0/s1. The quantitative estimate of drug-likeness (QED) is 0.177. The molecule has 4 rings (SSSR count). The molecule has 0 aliphatic carbocycles. The van der Waals surface area contributed by atoms with Crippen molar-refractivity contribution >= 4 is 13.7 Å². The second-order valence-corrected chi connectivity index (χ2v) is 10.8. The molecule has 15 heteroatoms. The number of para-hydroxylation sites is 1. The van der Waals surface area contributed by atoms with Gasteiger partial charge in [0.15, 0.2) is 0 Å². The molecule has 0 bridgehead atoms. The molecule has 0 radical (unpaired) electrons. The third-order valence-electron chi connectivity index (χ3n) is 6.09. The molecule has 1 saturated heterocycles. The number of aliphatic hydroxyl groups is 2. The lowest BCUT2D eigenvalue weighted by Gasteiger charge is -2.29. The van der Waals surface area contributed by atoms with E-state index in [1.165, 1.54) is 19.1 Å². The lowest BCUT2D eigenvalue weighted by molar-refractivity contribution is -0.146. The Labute approximate surface area is 233 Å². The molecule has 1 aliphatic rings. The van der Waals surface area contributed by atoms with Gasteiger partial charge in [0, 0.05) is 6.42 Å². The maximum Gasteiger partial charge on any atom is 0.459 e. The van der Waals surface area contributed by atoms with Crippen molar-refractivity contribution in [2.75, 3.05) is 6.61 Å². The number of aromatic amines is 1. The van der Waals surface area contributed by atoms with E-state index < -0.39 is 68.0 Å². The van der Waals surface area contributed by atoms with Crippen molar-refractivity contribution in [2.24, 2.45) is 0 Å². The first-order valence-electron chi connectivity index (χ1n) is 12.6. The average Bonchev–Trinajstić information content (AvgIpc) is 3.34. The number of H-pyrrole nitrogens is 1. The summed E-state index contributed by atoms with van der Waals surface area (Å²) in [5.74, 6) is -1.92. The van der Waals surface area contributed by atoms with Crippen LogP contribution in [0.4, 0.5) is 4.39 Å². The first kappa shape index (κ1) is 30.3. The third-order valence-corrected chi connectivity index (χ3v) is 7.79. The molecule has 220 valence electrons. The Morgan fingerprint density at radius 2 is 1.85 bits per heavy atom. The number of aromatic nitrogens is 2. The first-order chi connectivity index (χ1) is 19.6. The van der Waals surface area contributed by atoms with Crippen LogP contribution >= 0.6 is 7.75 Å². The number of hydrogen-bond acceptors (Lipinski definition) is 10. The number of esters is 1. The van der Waals surface area contributed by atoms with Crippen molar-refractivity contribution in [2.45, 2.75) is 50.5 Å². The highest BCUT2D eigenvalue weighted by Gasteiger charge is 2.45. The molecule has 1 aromatic heterocycles. The summed E-state index contributed by atoms with van der Waals surface area (Å²) >= 11 is 0. The van der Waals surface area contributed by atoms with Crippen LogP contribution < -0.4 is 20.9 Å². The lowest BCUT2D eigenvalue weighted by Crippen LogP contribution is -2.42. The van der Waals surface area contributed by atoms with Crippen LogP contribution in [0.25, 0.3) is 0 Å². The summed E-state index contributed by atoms with van der Waals surface area (Å²) in [5.41, 5.74) is -1.48. The largest absolute Gasteiger partial charge is 0.460 e. The zero-order chi connectivity index (χ0) is 29.6. The molecule has 0 unspecified atom stereocenters. The van der Waals surface area contributed by atoms with E-state index in [1.807, 2.05) is 6.07 Å². The van der Waals surface area contributed by atoms with Crippen molar-refractivity contribution in [3.8, 4) is 5.75 Å². The minimum atomic E-state index is -4.49. The molecule has 2 heterocycles. The van der Waals surface area contributed by atoms with Gasteiger partial charge in [-0.25, -0.2) is 9.36 Å². The van der Waals surface area contributed by atoms with Crippen molar-refractivity contribution in [1.29, 1.82) is 0 Å². The Balaban J connectivity index is 1.51. The van der Waals surface area contributed by atoms with Gasteiger partial charge >= 0.3 is 19.4 Å². The van der Waals surface area contributed by atoms with E-state index in [2.05, 4.69) is 5.09 Å². The van der Waals surface area contributed by atoms with E-state index >= 15 is 0 Å². The van der Waals surface area contributed by atoms with E-state index in [0.29, 0.717) is 6.20 Å². The molecule has 4 N–H and O–H groups in total. The SMILES string of the molecule is C[C@H](N[P@](=O)(Oc1ccccc1)O[C@H](CO)[C@H]1O[C@@H](n2cc(F)c(=O)[nH]c2=O)C[C@@H]1O)C(=O)OCc1ccccc1. The molecule has 0 saturated carbocycles. The van der Waals surface area contributed by atoms with Crippen LogP contribution in [0.1, 0.15) is 25.1 Å². The maximum atomic E-state index is 13.9. The number of carbonyl (C=O) groups excluding carboxylic acids is 1. The predicted octanol–water partition coefficient (Wildman–Crippen LogP) is 1.61. The zero-order valence-electron chi connectivity index (χ0n) is 21.8. The van der Waals surface area contributed by atoms with Gasteiger partial charge in [0.2, 0.25) is 5.82 Å². The van der Waals surface area contributed by atoms with Gasteiger partial charge in [-0.3, -0.25) is 23.7 Å². The van der Waals surface area contributed by atoms with Crippen LogP contribution in [0.2, 0.25) is 0 Å². The number of hydrogen-bond donors (Lipinski definition) is 4. The third kappa shape index (κ3) is 7.76. The highest BCUT2D eigenvalue weighted by molar-refractivity contribution is 7.52. The predicted molar refractivity (Wildman–Crippen MR) is 141 cm³/mol. The molecule has 41 heavy (non-hydrogen) atoms. The summed E-state index contributed by atoms with van der Waals surface area (Å²) in [6, 6.07) is 15.6. The van der Waals surface area contributed by atoms with E-state index in [-0.39, 0.29) is 18.8 Å². The number of ether oxygens (including phenoxy) is 2. The van der Waals surface area contributed by atoms with E-state index in [1.54, 1.807) is 47.4 Å². The molecule has 13 nitrogen and oxygen atoms in total. The van der Waals surface area contributed by atoms with Crippen LogP contribution in [0.15, 0.2) is 76.4 Å².